The Bertz CT molecular complexity index is 377. The van der Waals surface area contributed by atoms with Crippen LogP contribution in [0, 0.1) is 0 Å². The van der Waals surface area contributed by atoms with Crippen LogP contribution in [0.5, 0.6) is 0 Å². The molecule has 0 aliphatic rings. The number of quaternary nitrogens is 1. The van der Waals surface area contributed by atoms with Crippen LogP contribution in [0.4, 0.5) is 0 Å². The van der Waals surface area contributed by atoms with Gasteiger partial charge in [0, 0.05) is 12.0 Å². The van der Waals surface area contributed by atoms with Gasteiger partial charge in [-0.1, -0.05) is 6.58 Å². The minimum atomic E-state index is -4.33. The topological polar surface area (TPSA) is 84.9 Å². The van der Waals surface area contributed by atoms with Crippen molar-refractivity contribution < 1.29 is 32.5 Å². The van der Waals surface area contributed by atoms with Gasteiger partial charge in [-0.05, 0) is 6.92 Å². The normalized spacial score (nSPS) is 14.7. The van der Waals surface area contributed by atoms with Crippen LogP contribution in [-0.2, 0) is 23.1 Å². The molecule has 8 heteroatoms. The molecule has 0 saturated carbocycles. The number of hydrogen-bond donors (Lipinski definition) is 0. The molecule has 0 amide bonds. The maximum Gasteiger partial charge on any atom is 0.333 e. The van der Waals surface area contributed by atoms with Gasteiger partial charge < -0.3 is 23.2 Å². The molecule has 0 radical (unpaired) electrons. The molecule has 0 rings (SSSR count). The van der Waals surface area contributed by atoms with Crippen LogP contribution in [0.25, 0.3) is 0 Å². The van der Waals surface area contributed by atoms with Crippen LogP contribution in [0.3, 0.4) is 0 Å². The number of carbonyl (C=O) groups is 1. The first-order valence-electron chi connectivity index (χ1n) is 6.27. The van der Waals surface area contributed by atoms with Gasteiger partial charge in [-0.25, -0.2) is 4.79 Å². The Morgan fingerprint density at radius 1 is 1.20 bits per heavy atom. The predicted octanol–water partition coefficient (Wildman–Crippen LogP) is 0.704. The Labute approximate surface area is 120 Å². The van der Waals surface area contributed by atoms with Crippen LogP contribution in [-0.4, -0.2) is 58.0 Å². The summed E-state index contributed by atoms with van der Waals surface area (Å²) in [6, 6.07) is 0. The van der Waals surface area contributed by atoms with E-state index >= 15 is 0 Å². The third-order valence-corrected chi connectivity index (χ3v) is 3.13. The van der Waals surface area contributed by atoms with Crippen LogP contribution in [0.2, 0.25) is 0 Å². The molecule has 0 aliphatic heterocycles. The van der Waals surface area contributed by atoms with Crippen molar-refractivity contribution in [1.82, 2.24) is 0 Å². The van der Waals surface area contributed by atoms with E-state index in [9.17, 15) is 14.3 Å². The van der Waals surface area contributed by atoms with Crippen molar-refractivity contribution in [3.63, 3.8) is 0 Å². The lowest BCUT2D eigenvalue weighted by Gasteiger charge is -2.26. The summed E-state index contributed by atoms with van der Waals surface area (Å²) in [5, 5.41) is 0. The summed E-state index contributed by atoms with van der Waals surface area (Å²) in [7, 11) is 1.68. The summed E-state index contributed by atoms with van der Waals surface area (Å²) in [5.41, 5.74) is 0.242. The quantitative estimate of drug-likeness (QED) is 0.194. The van der Waals surface area contributed by atoms with Crippen LogP contribution < -0.4 is 4.89 Å². The molecule has 20 heavy (non-hydrogen) atoms. The average molecular weight is 309 g/mol. The summed E-state index contributed by atoms with van der Waals surface area (Å²) in [5.74, 6) is -0.585. The predicted molar refractivity (Wildman–Crippen MR) is 72.8 cm³/mol. The summed E-state index contributed by atoms with van der Waals surface area (Å²) in [6.07, 6.45) is 0.601. The van der Waals surface area contributed by atoms with E-state index in [0.29, 0.717) is 6.42 Å². The third-order valence-electron chi connectivity index (χ3n) is 2.14. The lowest BCUT2D eigenvalue weighted by molar-refractivity contribution is -0.870. The fourth-order valence-corrected chi connectivity index (χ4v) is 1.88. The molecule has 0 aromatic rings. The number of ether oxygens (including phenoxy) is 1. The lowest BCUT2D eigenvalue weighted by atomic mass is 10.4. The van der Waals surface area contributed by atoms with Gasteiger partial charge in [0.1, 0.15) is 6.61 Å². The summed E-state index contributed by atoms with van der Waals surface area (Å²) < 4.78 is 26.0. The van der Waals surface area contributed by atoms with Gasteiger partial charge in [-0.2, -0.15) is 0 Å². The number of rotatable bonds is 10. The smallest absolute Gasteiger partial charge is 0.333 e. The lowest BCUT2D eigenvalue weighted by Crippen LogP contribution is -2.35. The highest BCUT2D eigenvalue weighted by Crippen LogP contribution is 2.37. The molecular formula is C12H24NO6P. The largest absolute Gasteiger partial charge is 0.756 e. The zero-order valence-corrected chi connectivity index (χ0v) is 13.5. The maximum absolute atomic E-state index is 11.4. The minimum absolute atomic E-state index is 0.0713. The third kappa shape index (κ3) is 11.1. The van der Waals surface area contributed by atoms with E-state index in [-0.39, 0.29) is 25.4 Å². The van der Waals surface area contributed by atoms with E-state index in [2.05, 4.69) is 20.4 Å². The summed E-state index contributed by atoms with van der Waals surface area (Å²) >= 11 is 0. The maximum atomic E-state index is 11.4. The second-order valence-corrected chi connectivity index (χ2v) is 6.81. The van der Waals surface area contributed by atoms with Gasteiger partial charge in [-0.15, -0.1) is 0 Å². The van der Waals surface area contributed by atoms with Crippen LogP contribution >= 0.6 is 7.82 Å². The van der Waals surface area contributed by atoms with Crippen molar-refractivity contribution in [2.75, 3.05) is 47.5 Å². The van der Waals surface area contributed by atoms with Gasteiger partial charge in [0.25, 0.3) is 7.82 Å². The number of phosphoric ester groups is 1. The van der Waals surface area contributed by atoms with E-state index in [0.717, 1.165) is 11.0 Å². The van der Waals surface area contributed by atoms with Crippen LogP contribution in [0.1, 0.15) is 13.3 Å². The molecule has 0 bridgehead atoms. The molecular weight excluding hydrogens is 285 g/mol. The Morgan fingerprint density at radius 2 is 1.75 bits per heavy atom. The van der Waals surface area contributed by atoms with Gasteiger partial charge in [0.2, 0.25) is 0 Å². The highest BCUT2D eigenvalue weighted by molar-refractivity contribution is 7.45. The van der Waals surface area contributed by atoms with E-state index in [4.69, 9.17) is 0 Å². The molecule has 0 N–H and O–H groups in total. The summed E-state index contributed by atoms with van der Waals surface area (Å²) in [6.45, 7) is 5.32. The minimum Gasteiger partial charge on any atom is -0.756 e. The molecule has 0 fully saturated rings. The summed E-state index contributed by atoms with van der Waals surface area (Å²) in [4.78, 5) is 22.4. The molecule has 0 aliphatic carbocycles. The highest BCUT2D eigenvalue weighted by Gasteiger charge is 2.12. The van der Waals surface area contributed by atoms with Crippen molar-refractivity contribution in [2.24, 2.45) is 0 Å². The van der Waals surface area contributed by atoms with Crippen molar-refractivity contribution in [3.8, 4) is 0 Å². The molecule has 118 valence electrons. The SMILES string of the molecule is C=C(C)C(=O)OCCOP(=O)([O-])OCCC[N+](C)(C)C. The Balaban J connectivity index is 3.77. The monoisotopic (exact) mass is 309 g/mol. The first-order valence-corrected chi connectivity index (χ1v) is 7.73. The van der Waals surface area contributed by atoms with Gasteiger partial charge in [-0.3, -0.25) is 4.57 Å². The Kier molecular flexibility index (Phi) is 8.23. The van der Waals surface area contributed by atoms with E-state index < -0.39 is 13.8 Å². The first-order chi connectivity index (χ1) is 9.03. The molecule has 1 unspecified atom stereocenters. The van der Waals surface area contributed by atoms with E-state index in [1.165, 1.54) is 6.92 Å². The van der Waals surface area contributed by atoms with Crippen LogP contribution in [0.15, 0.2) is 12.2 Å². The van der Waals surface area contributed by atoms with Crippen molar-refractivity contribution >= 4 is 13.8 Å². The van der Waals surface area contributed by atoms with Gasteiger partial charge in [0.05, 0.1) is 40.9 Å². The average Bonchev–Trinajstić information content (AvgIpc) is 2.29. The van der Waals surface area contributed by atoms with Crippen molar-refractivity contribution in [1.29, 1.82) is 0 Å². The Hall–Kier alpha value is -0.720. The number of phosphoric acid groups is 1. The molecule has 7 nitrogen and oxygen atoms in total. The second kappa shape index (κ2) is 8.54. The number of nitrogens with zero attached hydrogens (tertiary/aromatic N) is 1. The van der Waals surface area contributed by atoms with Crippen molar-refractivity contribution in [2.45, 2.75) is 13.3 Å². The molecule has 0 aromatic carbocycles. The standard InChI is InChI=1S/C12H24NO6P/c1-11(2)12(14)17-9-10-19-20(15,16)18-8-6-7-13(3,4)5/h1,6-10H2,2-5H3. The van der Waals surface area contributed by atoms with Crippen molar-refractivity contribution in [3.05, 3.63) is 12.2 Å². The van der Waals surface area contributed by atoms with E-state index in [1.807, 2.05) is 21.1 Å². The zero-order chi connectivity index (χ0) is 15.8. The molecule has 0 spiro atoms. The van der Waals surface area contributed by atoms with Gasteiger partial charge >= 0.3 is 5.97 Å². The molecule has 0 heterocycles. The van der Waals surface area contributed by atoms with Gasteiger partial charge in [0.15, 0.2) is 0 Å². The van der Waals surface area contributed by atoms with E-state index in [1.54, 1.807) is 0 Å². The first kappa shape index (κ1) is 19.3. The fraction of sp³-hybridized carbons (Fsp3) is 0.750. The highest BCUT2D eigenvalue weighted by atomic mass is 31.2. The molecule has 1 atom stereocenters. The second-order valence-electron chi connectivity index (χ2n) is 5.40. The number of hydrogen-bond acceptors (Lipinski definition) is 6. The zero-order valence-electron chi connectivity index (χ0n) is 12.6. The number of esters is 1. The molecule has 0 saturated heterocycles. The molecule has 0 aromatic heterocycles. The Morgan fingerprint density at radius 3 is 2.25 bits per heavy atom. The fourth-order valence-electron chi connectivity index (χ4n) is 1.16. The number of carbonyl (C=O) groups excluding carboxylic acids is 1.